The summed E-state index contributed by atoms with van der Waals surface area (Å²) in [4.78, 5) is 32.8. The van der Waals surface area contributed by atoms with Crippen LogP contribution >= 0.6 is 0 Å². The molecule has 0 saturated carbocycles. The molecule has 2 heterocycles. The molecular formula is C30H36FN3O9. The van der Waals surface area contributed by atoms with Crippen molar-refractivity contribution in [3.63, 3.8) is 0 Å². The van der Waals surface area contributed by atoms with Gasteiger partial charge in [0.2, 0.25) is 0 Å². The van der Waals surface area contributed by atoms with Crippen molar-refractivity contribution >= 4 is 17.9 Å². The third-order valence-corrected chi connectivity index (χ3v) is 7.47. The molecule has 12 nitrogen and oxygen atoms in total. The van der Waals surface area contributed by atoms with Crippen LogP contribution in [0.25, 0.3) is 5.69 Å². The summed E-state index contributed by atoms with van der Waals surface area (Å²) in [5, 5.41) is 49.8. The van der Waals surface area contributed by atoms with Gasteiger partial charge in [-0.05, 0) is 57.0 Å². The van der Waals surface area contributed by atoms with Gasteiger partial charge in [0.05, 0.1) is 36.9 Å². The van der Waals surface area contributed by atoms with Gasteiger partial charge in [0.25, 0.3) is 0 Å². The van der Waals surface area contributed by atoms with Crippen molar-refractivity contribution < 1.29 is 49.0 Å². The van der Waals surface area contributed by atoms with E-state index in [9.17, 15) is 23.9 Å². The van der Waals surface area contributed by atoms with Crippen LogP contribution in [0.3, 0.4) is 0 Å². The third-order valence-electron chi connectivity index (χ3n) is 7.47. The third kappa shape index (κ3) is 8.15. The summed E-state index contributed by atoms with van der Waals surface area (Å²) in [5.41, 5.74) is 1.33. The van der Waals surface area contributed by atoms with Gasteiger partial charge in [0, 0.05) is 36.5 Å². The molecule has 1 aliphatic rings. The molecule has 5 N–H and O–H groups in total. The molecule has 4 rings (SSSR count). The number of rotatable bonds is 10. The SMILES string of the molecule is COc1ccccc1C1(O)CCN(Cc2c(C)nn(-c3ccc(F)cc3)c2C)CC1.O=C(O)CC(O)(CC(=O)O)C(=O)O. The minimum atomic E-state index is -2.74. The van der Waals surface area contributed by atoms with E-state index in [1.807, 2.05) is 42.8 Å². The second kappa shape index (κ2) is 13.8. The molecule has 1 aliphatic heterocycles. The maximum Gasteiger partial charge on any atom is 0.336 e. The van der Waals surface area contributed by atoms with Gasteiger partial charge in [-0.25, -0.2) is 13.9 Å². The number of nitrogens with zero attached hydrogens (tertiary/aromatic N) is 3. The van der Waals surface area contributed by atoms with E-state index in [0.717, 1.165) is 48.0 Å². The average molecular weight is 602 g/mol. The topological polar surface area (TPSA) is 183 Å². The van der Waals surface area contributed by atoms with Crippen molar-refractivity contribution in [2.45, 2.75) is 57.3 Å². The quantitative estimate of drug-likeness (QED) is 0.230. The summed E-state index contributed by atoms with van der Waals surface area (Å²) in [6, 6.07) is 14.1. The van der Waals surface area contributed by atoms with Gasteiger partial charge in [-0.1, -0.05) is 18.2 Å². The number of aromatic nitrogens is 2. The Morgan fingerprint density at radius 2 is 1.53 bits per heavy atom. The van der Waals surface area contributed by atoms with Crippen molar-refractivity contribution in [3.8, 4) is 11.4 Å². The van der Waals surface area contributed by atoms with E-state index in [1.54, 1.807) is 19.2 Å². The highest BCUT2D eigenvalue weighted by Gasteiger charge is 2.41. The normalized spacial score (nSPS) is 14.8. The molecule has 13 heteroatoms. The van der Waals surface area contributed by atoms with Crippen molar-refractivity contribution in [2.75, 3.05) is 20.2 Å². The number of aryl methyl sites for hydroxylation is 1. The Labute approximate surface area is 247 Å². The Balaban J connectivity index is 0.000000331. The van der Waals surface area contributed by atoms with E-state index in [-0.39, 0.29) is 5.82 Å². The molecule has 0 spiro atoms. The molecule has 0 bridgehead atoms. The molecule has 0 radical (unpaired) electrons. The fourth-order valence-electron chi connectivity index (χ4n) is 5.05. The van der Waals surface area contributed by atoms with Gasteiger partial charge in [0.15, 0.2) is 5.60 Å². The number of halogens is 1. The molecule has 0 atom stereocenters. The highest BCUT2D eigenvalue weighted by molar-refractivity contribution is 5.88. The average Bonchev–Trinajstić information content (AvgIpc) is 3.22. The molecule has 232 valence electrons. The van der Waals surface area contributed by atoms with E-state index in [4.69, 9.17) is 25.2 Å². The number of carboxylic acids is 3. The minimum absolute atomic E-state index is 0.253. The van der Waals surface area contributed by atoms with Crippen molar-refractivity contribution in [1.82, 2.24) is 14.7 Å². The first-order chi connectivity index (χ1) is 20.2. The van der Waals surface area contributed by atoms with Gasteiger partial charge in [-0.15, -0.1) is 0 Å². The van der Waals surface area contributed by atoms with Crippen LogP contribution in [0.2, 0.25) is 0 Å². The first-order valence-corrected chi connectivity index (χ1v) is 13.5. The number of aliphatic carboxylic acids is 3. The van der Waals surface area contributed by atoms with Gasteiger partial charge in [0.1, 0.15) is 11.6 Å². The lowest BCUT2D eigenvalue weighted by molar-refractivity contribution is -0.170. The Hall–Kier alpha value is -4.33. The molecular weight excluding hydrogens is 565 g/mol. The molecule has 3 aromatic rings. The number of hydrogen-bond donors (Lipinski definition) is 5. The van der Waals surface area contributed by atoms with Crippen molar-refractivity contribution in [3.05, 3.63) is 76.9 Å². The van der Waals surface area contributed by atoms with E-state index >= 15 is 0 Å². The number of carbonyl (C=O) groups is 3. The molecule has 1 aromatic heterocycles. The highest BCUT2D eigenvalue weighted by atomic mass is 19.1. The molecule has 43 heavy (non-hydrogen) atoms. The summed E-state index contributed by atoms with van der Waals surface area (Å²) in [7, 11) is 1.64. The zero-order valence-corrected chi connectivity index (χ0v) is 24.2. The zero-order valence-electron chi connectivity index (χ0n) is 24.2. The number of carboxylic acid groups (broad SMARTS) is 3. The number of methoxy groups -OCH3 is 1. The number of aliphatic hydroxyl groups is 2. The van der Waals surface area contributed by atoms with Crippen LogP contribution in [0.1, 0.15) is 48.2 Å². The van der Waals surface area contributed by atoms with Gasteiger partial charge < -0.3 is 30.3 Å². The highest BCUT2D eigenvalue weighted by Crippen LogP contribution is 2.38. The number of piperidine rings is 1. The molecule has 0 amide bonds. The van der Waals surface area contributed by atoms with Crippen molar-refractivity contribution in [1.29, 1.82) is 0 Å². The second-order valence-electron chi connectivity index (χ2n) is 10.5. The molecule has 1 fully saturated rings. The zero-order chi connectivity index (χ0) is 31.9. The van der Waals surface area contributed by atoms with Crippen LogP contribution in [0.4, 0.5) is 4.39 Å². The van der Waals surface area contributed by atoms with Crippen LogP contribution in [0.15, 0.2) is 48.5 Å². The number of benzene rings is 2. The monoisotopic (exact) mass is 601 g/mol. The van der Waals surface area contributed by atoms with Gasteiger partial charge >= 0.3 is 17.9 Å². The Kier molecular flexibility index (Phi) is 10.6. The van der Waals surface area contributed by atoms with Crippen LogP contribution in [0.5, 0.6) is 5.75 Å². The lowest BCUT2D eigenvalue weighted by Crippen LogP contribution is -2.42. The lowest BCUT2D eigenvalue weighted by atomic mass is 9.83. The Morgan fingerprint density at radius 3 is 2.05 bits per heavy atom. The molecule has 2 aromatic carbocycles. The number of hydrogen-bond acceptors (Lipinski definition) is 8. The maximum atomic E-state index is 13.3. The fraction of sp³-hybridized carbons (Fsp3) is 0.400. The lowest BCUT2D eigenvalue weighted by Gasteiger charge is -2.39. The van der Waals surface area contributed by atoms with Gasteiger partial charge in [-0.3, -0.25) is 14.5 Å². The first kappa shape index (κ1) is 33.2. The van der Waals surface area contributed by atoms with E-state index in [0.29, 0.717) is 12.8 Å². The molecule has 0 unspecified atom stereocenters. The maximum absolute atomic E-state index is 13.3. The summed E-state index contributed by atoms with van der Waals surface area (Å²) >= 11 is 0. The van der Waals surface area contributed by atoms with Crippen LogP contribution in [-0.4, -0.2) is 83.9 Å². The van der Waals surface area contributed by atoms with E-state index in [2.05, 4.69) is 10.00 Å². The predicted octanol–water partition coefficient (Wildman–Crippen LogP) is 2.87. The molecule has 0 aliphatic carbocycles. The van der Waals surface area contributed by atoms with Crippen LogP contribution in [0, 0.1) is 19.7 Å². The number of likely N-dealkylation sites (tertiary alicyclic amines) is 1. The first-order valence-electron chi connectivity index (χ1n) is 13.5. The summed E-state index contributed by atoms with van der Waals surface area (Å²) in [5.74, 6) is -4.54. The van der Waals surface area contributed by atoms with E-state index < -0.39 is 42.0 Å². The largest absolute Gasteiger partial charge is 0.496 e. The smallest absolute Gasteiger partial charge is 0.336 e. The molecule has 1 saturated heterocycles. The second-order valence-corrected chi connectivity index (χ2v) is 10.5. The number of para-hydroxylation sites is 1. The summed E-state index contributed by atoms with van der Waals surface area (Å²) in [6.45, 7) is 6.41. The Morgan fingerprint density at radius 1 is 0.977 bits per heavy atom. The van der Waals surface area contributed by atoms with E-state index in [1.165, 1.54) is 17.7 Å². The minimum Gasteiger partial charge on any atom is -0.496 e. The van der Waals surface area contributed by atoms with Crippen molar-refractivity contribution in [2.24, 2.45) is 0 Å². The van der Waals surface area contributed by atoms with Crippen LogP contribution < -0.4 is 4.74 Å². The standard InChI is InChI=1S/C24H28FN3O2.C6H8O7/c1-17-21(18(2)28(26-17)20-10-8-19(25)9-11-20)16-27-14-12-24(29,13-15-27)22-6-4-5-7-23(22)30-3;7-3(8)1-6(13,5(11)12)2-4(9)10/h4-11,29H,12-16H2,1-3H3;13H,1-2H2,(H,7,8)(H,9,10)(H,11,12). The van der Waals surface area contributed by atoms with Gasteiger partial charge in [-0.2, -0.15) is 5.10 Å². The predicted molar refractivity (Wildman–Crippen MR) is 151 cm³/mol. The fourth-order valence-corrected chi connectivity index (χ4v) is 5.05. The number of ether oxygens (including phenoxy) is 1. The summed E-state index contributed by atoms with van der Waals surface area (Å²) in [6.07, 6.45) is -0.988. The van der Waals surface area contributed by atoms with Crippen LogP contribution in [-0.2, 0) is 26.5 Å². The summed E-state index contributed by atoms with van der Waals surface area (Å²) < 4.78 is 20.6. The Bertz CT molecular complexity index is 1430.